The van der Waals surface area contributed by atoms with Crippen molar-refractivity contribution in [1.29, 1.82) is 0 Å². The second-order valence-electron chi connectivity index (χ2n) is 5.37. The summed E-state index contributed by atoms with van der Waals surface area (Å²) in [7, 11) is 0. The third-order valence-electron chi connectivity index (χ3n) is 3.82. The Kier molecular flexibility index (Phi) is 4.39. The smallest absolute Gasteiger partial charge is 0.414 e. The number of carbonyl (C=O) groups excluding carboxylic acids is 2. The lowest BCUT2D eigenvalue weighted by atomic mass is 9.99. The summed E-state index contributed by atoms with van der Waals surface area (Å²) in [5.41, 5.74) is 2.55. The fourth-order valence-corrected chi connectivity index (χ4v) is 2.59. The van der Waals surface area contributed by atoms with Crippen molar-refractivity contribution in [3.63, 3.8) is 0 Å². The Bertz CT molecular complexity index is 727. The van der Waals surface area contributed by atoms with Gasteiger partial charge in [0.15, 0.2) is 5.78 Å². The van der Waals surface area contributed by atoms with Gasteiger partial charge in [-0.1, -0.05) is 36.4 Å². The van der Waals surface area contributed by atoms with Crippen molar-refractivity contribution in [2.75, 3.05) is 11.4 Å². The van der Waals surface area contributed by atoms with Gasteiger partial charge >= 0.3 is 6.09 Å². The first-order chi connectivity index (χ1) is 11.2. The largest absolute Gasteiger partial charge is 0.444 e. The lowest BCUT2D eigenvalue weighted by molar-refractivity contribution is 0.0977. The van der Waals surface area contributed by atoms with Crippen LogP contribution in [0.25, 0.3) is 0 Å². The molecule has 0 fully saturated rings. The molecule has 1 aliphatic rings. The van der Waals surface area contributed by atoms with Crippen LogP contribution in [0.1, 0.15) is 27.9 Å². The summed E-state index contributed by atoms with van der Waals surface area (Å²) < 4.78 is 5.35. The number of aliphatic hydroxyl groups is 1. The quantitative estimate of drug-likeness (QED) is 0.946. The van der Waals surface area contributed by atoms with Gasteiger partial charge in [0.05, 0.1) is 12.3 Å². The highest BCUT2D eigenvalue weighted by Crippen LogP contribution is 2.29. The fraction of sp³-hybridized carbons (Fsp3) is 0.222. The molecule has 0 spiro atoms. The Labute approximate surface area is 134 Å². The standard InChI is InChI=1S/C18H17NO4/c20-11-14-6-7-15-16(10-14)19(9-8-17(15)21)18(22)23-12-13-4-2-1-3-5-13/h1-7,10,20H,8-9,11-12H2. The van der Waals surface area contributed by atoms with Crippen LogP contribution in [-0.4, -0.2) is 23.5 Å². The molecular weight excluding hydrogens is 294 g/mol. The van der Waals surface area contributed by atoms with Crippen LogP contribution in [0.3, 0.4) is 0 Å². The Balaban J connectivity index is 1.79. The zero-order chi connectivity index (χ0) is 16.2. The van der Waals surface area contributed by atoms with Crippen LogP contribution in [-0.2, 0) is 18.0 Å². The van der Waals surface area contributed by atoms with Crippen molar-refractivity contribution in [3.8, 4) is 0 Å². The summed E-state index contributed by atoms with van der Waals surface area (Å²) in [5, 5.41) is 9.26. The van der Waals surface area contributed by atoms with E-state index >= 15 is 0 Å². The fourth-order valence-electron chi connectivity index (χ4n) is 2.59. The molecule has 0 saturated carbocycles. The molecule has 23 heavy (non-hydrogen) atoms. The first-order valence-electron chi connectivity index (χ1n) is 7.44. The molecule has 0 radical (unpaired) electrons. The molecule has 118 valence electrons. The van der Waals surface area contributed by atoms with E-state index in [9.17, 15) is 14.7 Å². The zero-order valence-corrected chi connectivity index (χ0v) is 12.6. The molecule has 2 aromatic carbocycles. The molecule has 0 atom stereocenters. The molecule has 1 N–H and O–H groups in total. The third-order valence-corrected chi connectivity index (χ3v) is 3.82. The van der Waals surface area contributed by atoms with E-state index in [4.69, 9.17) is 4.74 Å². The van der Waals surface area contributed by atoms with Crippen molar-refractivity contribution in [2.24, 2.45) is 0 Å². The van der Waals surface area contributed by atoms with E-state index in [1.54, 1.807) is 18.2 Å². The number of Topliss-reactive ketones (excluding diaryl/α,β-unsaturated/α-hetero) is 1. The topological polar surface area (TPSA) is 66.8 Å². The SMILES string of the molecule is O=C1CCN(C(=O)OCc2ccccc2)c2cc(CO)ccc21. The van der Waals surface area contributed by atoms with Gasteiger partial charge in [-0.05, 0) is 23.3 Å². The second kappa shape index (κ2) is 6.62. The summed E-state index contributed by atoms with van der Waals surface area (Å²) >= 11 is 0. The molecule has 0 aromatic heterocycles. The van der Waals surface area contributed by atoms with Gasteiger partial charge in [0.1, 0.15) is 6.61 Å². The van der Waals surface area contributed by atoms with Crippen molar-refractivity contribution in [2.45, 2.75) is 19.6 Å². The highest BCUT2D eigenvalue weighted by atomic mass is 16.6. The maximum Gasteiger partial charge on any atom is 0.414 e. The Morgan fingerprint density at radius 1 is 1.13 bits per heavy atom. The van der Waals surface area contributed by atoms with Crippen LogP contribution in [0.5, 0.6) is 0 Å². The molecule has 1 amide bonds. The van der Waals surface area contributed by atoms with Crippen LogP contribution < -0.4 is 4.90 Å². The van der Waals surface area contributed by atoms with Crippen molar-refractivity contribution >= 4 is 17.6 Å². The van der Waals surface area contributed by atoms with Gasteiger partial charge in [0.2, 0.25) is 0 Å². The van der Waals surface area contributed by atoms with Crippen LogP contribution >= 0.6 is 0 Å². The van der Waals surface area contributed by atoms with Gasteiger partial charge in [-0.25, -0.2) is 4.79 Å². The molecule has 1 aliphatic heterocycles. The van der Waals surface area contributed by atoms with E-state index in [0.717, 1.165) is 5.56 Å². The number of anilines is 1. The van der Waals surface area contributed by atoms with E-state index in [0.29, 0.717) is 16.8 Å². The summed E-state index contributed by atoms with van der Waals surface area (Å²) in [5.74, 6) is -0.00315. The van der Waals surface area contributed by atoms with Gasteiger partial charge in [0, 0.05) is 18.5 Å². The number of nitrogens with zero attached hydrogens (tertiary/aromatic N) is 1. The number of hydrogen-bond donors (Lipinski definition) is 1. The number of ketones is 1. The molecular formula is C18H17NO4. The predicted octanol–water partition coefficient (Wildman–Crippen LogP) is 2.91. The number of hydrogen-bond acceptors (Lipinski definition) is 4. The number of fused-ring (bicyclic) bond motifs is 1. The van der Waals surface area contributed by atoms with Gasteiger partial charge in [-0.3, -0.25) is 9.69 Å². The average Bonchev–Trinajstić information content (AvgIpc) is 2.60. The molecule has 5 nitrogen and oxygen atoms in total. The van der Waals surface area contributed by atoms with Gasteiger partial charge in [-0.2, -0.15) is 0 Å². The third kappa shape index (κ3) is 3.24. The predicted molar refractivity (Wildman–Crippen MR) is 85.3 cm³/mol. The van der Waals surface area contributed by atoms with E-state index in [1.807, 2.05) is 30.3 Å². The van der Waals surface area contributed by atoms with E-state index < -0.39 is 6.09 Å². The highest BCUT2D eigenvalue weighted by molar-refractivity contribution is 6.07. The van der Waals surface area contributed by atoms with Crippen LogP contribution in [0.4, 0.5) is 10.5 Å². The molecule has 5 heteroatoms. The monoisotopic (exact) mass is 311 g/mol. The van der Waals surface area contributed by atoms with Crippen molar-refractivity contribution in [1.82, 2.24) is 0 Å². The Morgan fingerprint density at radius 2 is 1.91 bits per heavy atom. The van der Waals surface area contributed by atoms with Crippen LogP contribution in [0.2, 0.25) is 0 Å². The molecule has 1 heterocycles. The Morgan fingerprint density at radius 3 is 2.65 bits per heavy atom. The van der Waals surface area contributed by atoms with Gasteiger partial charge in [-0.15, -0.1) is 0 Å². The average molecular weight is 311 g/mol. The number of aliphatic hydroxyl groups excluding tert-OH is 1. The van der Waals surface area contributed by atoms with Gasteiger partial charge < -0.3 is 9.84 Å². The molecule has 2 aromatic rings. The molecule has 0 aliphatic carbocycles. The summed E-state index contributed by atoms with van der Waals surface area (Å²) in [6, 6.07) is 14.4. The maximum atomic E-state index is 12.4. The minimum atomic E-state index is -0.488. The first kappa shape index (κ1) is 15.2. The Hall–Kier alpha value is -2.66. The first-order valence-corrected chi connectivity index (χ1v) is 7.44. The molecule has 3 rings (SSSR count). The number of rotatable bonds is 3. The van der Waals surface area contributed by atoms with E-state index in [1.165, 1.54) is 4.90 Å². The molecule has 0 bridgehead atoms. The second-order valence-corrected chi connectivity index (χ2v) is 5.37. The molecule has 0 unspecified atom stereocenters. The minimum absolute atomic E-state index is 0.00315. The lowest BCUT2D eigenvalue weighted by Gasteiger charge is -2.28. The van der Waals surface area contributed by atoms with E-state index in [2.05, 4.69) is 0 Å². The number of benzene rings is 2. The normalized spacial score (nSPS) is 13.6. The van der Waals surface area contributed by atoms with Crippen LogP contribution in [0, 0.1) is 0 Å². The summed E-state index contributed by atoms with van der Waals surface area (Å²) in [4.78, 5) is 25.8. The van der Waals surface area contributed by atoms with E-state index in [-0.39, 0.29) is 32.0 Å². The van der Waals surface area contributed by atoms with Crippen LogP contribution in [0.15, 0.2) is 48.5 Å². The minimum Gasteiger partial charge on any atom is -0.444 e. The van der Waals surface area contributed by atoms with Crippen molar-refractivity contribution in [3.05, 3.63) is 65.2 Å². The highest BCUT2D eigenvalue weighted by Gasteiger charge is 2.28. The summed E-state index contributed by atoms with van der Waals surface area (Å²) in [6.45, 7) is 0.321. The maximum absolute atomic E-state index is 12.4. The lowest BCUT2D eigenvalue weighted by Crippen LogP contribution is -2.37. The van der Waals surface area contributed by atoms with Gasteiger partial charge in [0.25, 0.3) is 0 Å². The number of ether oxygens (including phenoxy) is 1. The number of amides is 1. The van der Waals surface area contributed by atoms with Crippen molar-refractivity contribution < 1.29 is 19.4 Å². The molecule has 0 saturated heterocycles. The number of carbonyl (C=O) groups is 2. The zero-order valence-electron chi connectivity index (χ0n) is 12.6. The summed E-state index contributed by atoms with van der Waals surface area (Å²) in [6.07, 6.45) is -0.218.